The van der Waals surface area contributed by atoms with Gasteiger partial charge in [0.2, 0.25) is 27.2 Å². The summed E-state index contributed by atoms with van der Waals surface area (Å²) >= 11 is 0. The average molecular weight is 1090 g/mol. The van der Waals surface area contributed by atoms with Crippen LogP contribution in [0.1, 0.15) is 187 Å². The van der Waals surface area contributed by atoms with Gasteiger partial charge in [-0.05, 0) is 113 Å². The number of pyridine rings is 2. The first-order chi connectivity index (χ1) is 39.3. The minimum Gasteiger partial charge on any atom is -0.462 e. The van der Waals surface area contributed by atoms with Gasteiger partial charge in [0.15, 0.2) is 0 Å². The maximum Gasteiger partial charge on any atom is 0.339 e. The highest BCUT2D eigenvalue weighted by atomic mass is 16.7. The molecule has 16 bridgehead atoms. The number of benzene rings is 4. The molecular weight excluding hydrogens is 1030 g/mol. The van der Waals surface area contributed by atoms with E-state index in [1.54, 1.807) is 0 Å². The predicted octanol–water partition coefficient (Wildman–Crippen LogP) is 11.0. The van der Waals surface area contributed by atoms with Crippen LogP contribution in [0.5, 0.6) is 46.0 Å². The lowest BCUT2D eigenvalue weighted by molar-refractivity contribution is 0.0476. The Kier molecular flexibility index (Phi) is 14.2. The highest BCUT2D eigenvalue weighted by Crippen LogP contribution is 2.55. The van der Waals surface area contributed by atoms with E-state index in [1.165, 1.54) is 36.9 Å². The van der Waals surface area contributed by atoms with E-state index in [-0.39, 0.29) is 99.5 Å². The molecule has 412 valence electrons. The van der Waals surface area contributed by atoms with E-state index in [1.807, 2.05) is 24.3 Å². The zero-order valence-corrected chi connectivity index (χ0v) is 44.0. The van der Waals surface area contributed by atoms with Crippen LogP contribution in [0.2, 0.25) is 0 Å². The molecule has 4 aromatic carbocycles. The molecule has 0 atom stereocenters. The van der Waals surface area contributed by atoms with Crippen LogP contribution in [-0.4, -0.2) is 87.4 Å². The van der Waals surface area contributed by atoms with E-state index >= 15 is 0 Å². The summed E-state index contributed by atoms with van der Waals surface area (Å²) in [5, 5.41) is 0. The Morgan fingerprint density at radius 2 is 0.475 bits per heavy atom. The standard InChI is InChI=1S/C62H58N2O16/c65-59-35-17-36(28-63-27-35)60(66)70-14-6-2-10-40-44-19-43-39(9-1-5-13-69-59)47-21-48-41-11-3-7-15-71-61(67)37-18-38(30-64-29-37)62(68)72-16-8-4-12-42-46-20-45(41)53-24-54(46)76-34-80-58-26-57(49(40)22-50(42)58)79-32-74-52(44)23-51(43)73-31-77-55(47)25-56(48)78-33-75-53/h17-30,39-42H,1-16,31-34H2. The molecule has 6 aromatic rings. The predicted molar refractivity (Wildman–Crippen MR) is 283 cm³/mol. The van der Waals surface area contributed by atoms with Crippen molar-refractivity contribution in [1.29, 1.82) is 0 Å². The van der Waals surface area contributed by atoms with Gasteiger partial charge in [0, 0.05) is 117 Å². The van der Waals surface area contributed by atoms with Gasteiger partial charge in [-0.2, -0.15) is 0 Å². The van der Waals surface area contributed by atoms with Gasteiger partial charge in [0.25, 0.3) is 0 Å². The normalized spacial score (nSPS) is 21.8. The minimum atomic E-state index is -0.584. The Hall–Kier alpha value is -8.54. The quantitative estimate of drug-likeness (QED) is 0.102. The molecule has 0 radical (unpaired) electrons. The molecular formula is C62H58N2O16. The second-order valence-corrected chi connectivity index (χ2v) is 21.0. The molecule has 0 N–H and O–H groups in total. The lowest BCUT2D eigenvalue weighted by Crippen LogP contribution is -2.22. The van der Waals surface area contributed by atoms with Crippen molar-refractivity contribution < 1.29 is 76.0 Å². The highest BCUT2D eigenvalue weighted by Gasteiger charge is 2.37. The fraction of sp³-hybridized carbons (Fsp3) is 0.387. The molecule has 80 heavy (non-hydrogen) atoms. The number of esters is 4. The Morgan fingerprint density at radius 1 is 0.263 bits per heavy atom. The van der Waals surface area contributed by atoms with Crippen LogP contribution in [0.4, 0.5) is 0 Å². The average Bonchev–Trinajstić information content (AvgIpc) is 3.58. The van der Waals surface area contributed by atoms with Gasteiger partial charge in [-0.15, -0.1) is 0 Å². The van der Waals surface area contributed by atoms with Crippen molar-refractivity contribution in [2.24, 2.45) is 0 Å². The summed E-state index contributed by atoms with van der Waals surface area (Å²) in [6.07, 6.45) is 12.5. The van der Waals surface area contributed by atoms with Crippen molar-refractivity contribution in [2.75, 3.05) is 53.6 Å². The van der Waals surface area contributed by atoms with Gasteiger partial charge in [0.05, 0.1) is 48.7 Å². The van der Waals surface area contributed by atoms with Gasteiger partial charge in [-0.25, -0.2) is 19.2 Å². The van der Waals surface area contributed by atoms with Crippen LogP contribution >= 0.6 is 0 Å². The van der Waals surface area contributed by atoms with Crippen LogP contribution in [0.25, 0.3) is 0 Å². The van der Waals surface area contributed by atoms with Crippen LogP contribution in [0, 0.1) is 0 Å². The maximum atomic E-state index is 13.4. The molecule has 0 saturated carbocycles. The first-order valence-corrected chi connectivity index (χ1v) is 27.6. The number of hydrogen-bond acceptors (Lipinski definition) is 18. The number of carbonyl (C=O) groups is 4. The molecule has 18 heteroatoms. The monoisotopic (exact) mass is 1090 g/mol. The molecule has 13 rings (SSSR count). The van der Waals surface area contributed by atoms with Gasteiger partial charge in [-0.1, -0.05) is 0 Å². The third kappa shape index (κ3) is 10.1. The number of fused-ring (bicyclic) bond motifs is 4. The van der Waals surface area contributed by atoms with Gasteiger partial charge in [0.1, 0.15) is 46.0 Å². The van der Waals surface area contributed by atoms with Crippen molar-refractivity contribution in [2.45, 2.75) is 101 Å². The number of cyclic esters (lactones) is 4. The molecule has 0 spiro atoms. The van der Waals surface area contributed by atoms with Crippen LogP contribution in [-0.2, 0) is 18.9 Å². The van der Waals surface area contributed by atoms with E-state index in [9.17, 15) is 19.2 Å². The fourth-order valence-corrected chi connectivity index (χ4v) is 12.2. The first kappa shape index (κ1) is 50.9. The smallest absolute Gasteiger partial charge is 0.339 e. The van der Waals surface area contributed by atoms with Crippen molar-refractivity contribution in [1.82, 2.24) is 9.97 Å². The van der Waals surface area contributed by atoms with Gasteiger partial charge < -0.3 is 56.8 Å². The third-order valence-electron chi connectivity index (χ3n) is 16.2. The summed E-state index contributed by atoms with van der Waals surface area (Å²) in [6.45, 7) is 0.0458. The molecule has 2 aromatic heterocycles. The summed E-state index contributed by atoms with van der Waals surface area (Å²) in [4.78, 5) is 61.9. The molecule has 0 amide bonds. The Morgan fingerprint density at radius 3 is 0.688 bits per heavy atom. The van der Waals surface area contributed by atoms with Gasteiger partial charge in [-0.3, -0.25) is 9.97 Å². The lowest BCUT2D eigenvalue weighted by atomic mass is 9.76. The van der Waals surface area contributed by atoms with E-state index in [0.29, 0.717) is 123 Å². The topological polar surface area (TPSA) is 205 Å². The second-order valence-electron chi connectivity index (χ2n) is 21.0. The van der Waals surface area contributed by atoms with Crippen LogP contribution < -0.4 is 37.9 Å². The number of ether oxygens (including phenoxy) is 12. The Bertz CT molecular complexity index is 3000. The zero-order valence-electron chi connectivity index (χ0n) is 44.0. The largest absolute Gasteiger partial charge is 0.462 e. The van der Waals surface area contributed by atoms with E-state index in [2.05, 4.69) is 34.2 Å². The van der Waals surface area contributed by atoms with E-state index in [0.717, 1.165) is 44.5 Å². The molecule has 0 unspecified atom stereocenters. The van der Waals surface area contributed by atoms with Crippen LogP contribution in [0.15, 0.2) is 85.5 Å². The Balaban J connectivity index is 1.02. The van der Waals surface area contributed by atoms with Crippen LogP contribution in [0.3, 0.4) is 0 Å². The SMILES string of the molecule is O=C1OCCCCC2c3cc4c5cc3OCOc3cc6c(cc32)C2CCCCOC(=O)c3cncc(c3)C(=O)OCCCCC3c7cc2c(cc7OCOc2cc(c(cc23)C4CCCCOC(=O)c2cncc1c2)OCO5)OCO6. The summed E-state index contributed by atoms with van der Waals surface area (Å²) in [5.74, 6) is 1.13. The minimum absolute atomic E-state index is 0.109. The molecule has 7 aliphatic rings. The number of rotatable bonds is 0. The van der Waals surface area contributed by atoms with Crippen molar-refractivity contribution in [3.8, 4) is 46.0 Å². The number of aromatic nitrogens is 2. The fourth-order valence-electron chi connectivity index (χ4n) is 12.2. The Labute approximate surface area is 460 Å². The van der Waals surface area contributed by atoms with Gasteiger partial charge >= 0.3 is 23.9 Å². The number of carbonyl (C=O) groups excluding carboxylic acids is 4. The molecule has 8 heterocycles. The van der Waals surface area contributed by atoms with E-state index in [4.69, 9.17) is 56.8 Å². The molecule has 0 saturated heterocycles. The number of nitrogens with zero attached hydrogens (tertiary/aromatic N) is 2. The van der Waals surface area contributed by atoms with Crippen molar-refractivity contribution in [3.63, 3.8) is 0 Å². The lowest BCUT2D eigenvalue weighted by Gasteiger charge is -2.35. The summed E-state index contributed by atoms with van der Waals surface area (Å²) in [6, 6.07) is 19.6. The summed E-state index contributed by atoms with van der Waals surface area (Å²) in [5.41, 5.74) is 8.07. The second kappa shape index (κ2) is 22.3. The summed E-state index contributed by atoms with van der Waals surface area (Å²) < 4.78 is 76.0. The van der Waals surface area contributed by atoms with Crippen molar-refractivity contribution >= 4 is 23.9 Å². The third-order valence-corrected chi connectivity index (χ3v) is 16.2. The highest BCUT2D eigenvalue weighted by molar-refractivity contribution is 5.95. The summed E-state index contributed by atoms with van der Waals surface area (Å²) in [7, 11) is 0. The first-order valence-electron chi connectivity index (χ1n) is 27.6. The number of hydrogen-bond donors (Lipinski definition) is 0. The maximum absolute atomic E-state index is 13.4. The molecule has 18 nitrogen and oxygen atoms in total. The molecule has 0 fully saturated rings. The van der Waals surface area contributed by atoms with Crippen molar-refractivity contribution in [3.05, 3.63) is 152 Å². The van der Waals surface area contributed by atoms with E-state index < -0.39 is 23.9 Å². The zero-order chi connectivity index (χ0) is 54.1. The molecule has 6 aliphatic heterocycles. The molecule has 1 aliphatic carbocycles.